The number of nitrogens with zero attached hydrogens (tertiary/aromatic N) is 3. The van der Waals surface area contributed by atoms with E-state index in [9.17, 15) is 29.3 Å². The summed E-state index contributed by atoms with van der Waals surface area (Å²) in [6.07, 6.45) is 0.426. The molecule has 43 heavy (non-hydrogen) atoms. The summed E-state index contributed by atoms with van der Waals surface area (Å²) >= 11 is 12.3. The van der Waals surface area contributed by atoms with E-state index >= 15 is 4.39 Å². The molecule has 0 bridgehead atoms. The number of amides is 3. The van der Waals surface area contributed by atoms with Crippen molar-refractivity contribution in [3.63, 3.8) is 0 Å². The molecule has 14 heteroatoms. The third kappa shape index (κ3) is 4.08. The molecule has 3 aromatic carbocycles. The van der Waals surface area contributed by atoms with E-state index in [1.165, 1.54) is 47.4 Å². The van der Waals surface area contributed by atoms with Gasteiger partial charge in [0.15, 0.2) is 5.54 Å². The number of carbonyl (C=O) groups is 4. The number of benzene rings is 3. The van der Waals surface area contributed by atoms with Crippen molar-refractivity contribution < 1.29 is 33.2 Å². The first-order valence-electron chi connectivity index (χ1n) is 12.5. The van der Waals surface area contributed by atoms with E-state index in [2.05, 4.69) is 10.1 Å². The highest BCUT2D eigenvalue weighted by molar-refractivity contribution is 6.31. The Morgan fingerprint density at radius 1 is 1.19 bits per heavy atom. The van der Waals surface area contributed by atoms with E-state index in [1.54, 1.807) is 6.07 Å². The number of esters is 1. The van der Waals surface area contributed by atoms with Crippen LogP contribution in [-0.2, 0) is 24.7 Å². The molecule has 1 N–H and O–H groups in total. The maximum atomic E-state index is 15.8. The van der Waals surface area contributed by atoms with Crippen LogP contribution in [0.1, 0.15) is 34.8 Å². The lowest BCUT2D eigenvalue weighted by Crippen LogP contribution is -2.53. The summed E-state index contributed by atoms with van der Waals surface area (Å²) in [4.78, 5) is 66.6. The van der Waals surface area contributed by atoms with Crippen LogP contribution in [0, 0.1) is 21.8 Å². The molecule has 11 nitrogen and oxygen atoms in total. The number of ether oxygens (including phenoxy) is 1. The van der Waals surface area contributed by atoms with Crippen molar-refractivity contribution in [2.24, 2.45) is 5.92 Å². The second-order valence-corrected chi connectivity index (χ2v) is 10.9. The first kappa shape index (κ1) is 29.9. The molecule has 3 amide bonds. The van der Waals surface area contributed by atoms with Gasteiger partial charge < -0.3 is 19.9 Å². The molecule has 6 rings (SSSR count). The van der Waals surface area contributed by atoms with Gasteiger partial charge in [-0.15, -0.1) is 0 Å². The number of hydrogen-bond acceptors (Lipinski definition) is 7. The van der Waals surface area contributed by atoms with Gasteiger partial charge in [-0.1, -0.05) is 48.8 Å². The number of nitro groups is 1. The highest BCUT2D eigenvalue weighted by Gasteiger charge is 2.71. The van der Waals surface area contributed by atoms with Crippen LogP contribution in [0.4, 0.5) is 21.5 Å². The molecule has 222 valence electrons. The molecule has 0 aliphatic carbocycles. The summed E-state index contributed by atoms with van der Waals surface area (Å²) < 4.78 is 20.4. The molecule has 4 atom stereocenters. The van der Waals surface area contributed by atoms with Crippen LogP contribution in [0.15, 0.2) is 54.6 Å². The molecule has 2 fully saturated rings. The van der Waals surface area contributed by atoms with Crippen LogP contribution < -0.4 is 10.2 Å². The minimum Gasteiger partial charge on any atom is -0.465 e. The van der Waals surface area contributed by atoms with E-state index < -0.39 is 57.6 Å². The van der Waals surface area contributed by atoms with Gasteiger partial charge in [0.25, 0.3) is 11.6 Å². The highest BCUT2D eigenvalue weighted by atomic mass is 35.5. The number of halogens is 3. The third-order valence-electron chi connectivity index (χ3n) is 8.21. The second-order valence-electron chi connectivity index (χ2n) is 10.0. The van der Waals surface area contributed by atoms with E-state index in [4.69, 9.17) is 23.2 Å². The van der Waals surface area contributed by atoms with Crippen molar-refractivity contribution in [2.75, 3.05) is 23.9 Å². The highest BCUT2D eigenvalue weighted by Crippen LogP contribution is 2.61. The van der Waals surface area contributed by atoms with Crippen LogP contribution in [0.3, 0.4) is 0 Å². The molecule has 3 aliphatic rings. The van der Waals surface area contributed by atoms with Crippen LogP contribution in [0.25, 0.3) is 0 Å². The fourth-order valence-electron chi connectivity index (χ4n) is 6.60. The Morgan fingerprint density at radius 2 is 1.93 bits per heavy atom. The van der Waals surface area contributed by atoms with E-state index in [-0.39, 0.29) is 35.8 Å². The van der Waals surface area contributed by atoms with Gasteiger partial charge >= 0.3 is 5.97 Å². The van der Waals surface area contributed by atoms with Crippen molar-refractivity contribution in [2.45, 2.75) is 24.9 Å². The number of nitro benzene ring substituents is 1. The number of methoxy groups -OCH3 is 1. The maximum absolute atomic E-state index is 15.8. The zero-order valence-corrected chi connectivity index (χ0v) is 23.1. The molecule has 1 spiro atoms. The van der Waals surface area contributed by atoms with E-state index in [0.29, 0.717) is 22.7 Å². The summed E-state index contributed by atoms with van der Waals surface area (Å²) in [5.74, 6) is -5.53. The Balaban J connectivity index is 0.00000368. The van der Waals surface area contributed by atoms with Crippen molar-refractivity contribution in [3.05, 3.63) is 97.3 Å². The van der Waals surface area contributed by atoms with Crippen molar-refractivity contribution in [1.82, 2.24) is 4.90 Å². The molecule has 3 heterocycles. The van der Waals surface area contributed by atoms with Gasteiger partial charge in [-0.2, -0.15) is 0 Å². The first-order chi connectivity index (χ1) is 20.1. The van der Waals surface area contributed by atoms with Crippen LogP contribution in [-0.4, -0.2) is 53.7 Å². The fourth-order valence-corrected chi connectivity index (χ4v) is 6.95. The van der Waals surface area contributed by atoms with Crippen LogP contribution >= 0.6 is 23.2 Å². The average Bonchev–Trinajstić information content (AvgIpc) is 3.55. The molecule has 0 unspecified atom stereocenters. The maximum Gasteiger partial charge on any atom is 0.338 e. The third-order valence-corrected chi connectivity index (χ3v) is 8.74. The Labute approximate surface area is 254 Å². The summed E-state index contributed by atoms with van der Waals surface area (Å²) in [6, 6.07) is 11.2. The zero-order chi connectivity index (χ0) is 30.1. The van der Waals surface area contributed by atoms with Gasteiger partial charge in [-0.05, 0) is 35.9 Å². The second kappa shape index (κ2) is 10.6. The normalized spacial score (nSPS) is 23.5. The quantitative estimate of drug-likeness (QED) is 0.183. The number of nitrogens with one attached hydrogen (secondary N) is 1. The summed E-state index contributed by atoms with van der Waals surface area (Å²) in [5.41, 5.74) is -2.12. The van der Waals surface area contributed by atoms with Gasteiger partial charge in [0.05, 0.1) is 34.6 Å². The van der Waals surface area contributed by atoms with Gasteiger partial charge in [0, 0.05) is 34.8 Å². The predicted octanol–water partition coefficient (Wildman–Crippen LogP) is 4.90. The number of likely N-dealkylation sites (tertiary alicyclic amines) is 1. The predicted molar refractivity (Wildman–Crippen MR) is 155 cm³/mol. The smallest absolute Gasteiger partial charge is 0.338 e. The minimum absolute atomic E-state index is 0. The lowest BCUT2D eigenvalue weighted by atomic mass is 9.71. The number of carbonyl (C=O) groups excluding carboxylic acids is 4. The first-order valence-corrected chi connectivity index (χ1v) is 13.3. The van der Waals surface area contributed by atoms with Gasteiger partial charge in [-0.25, -0.2) is 9.18 Å². The number of anilines is 2. The van der Waals surface area contributed by atoms with Crippen LogP contribution in [0.2, 0.25) is 10.0 Å². The van der Waals surface area contributed by atoms with Gasteiger partial charge in [0.2, 0.25) is 12.3 Å². The van der Waals surface area contributed by atoms with Gasteiger partial charge in [0.1, 0.15) is 11.5 Å². The van der Waals surface area contributed by atoms with E-state index in [1.807, 2.05) is 0 Å². The molecule has 3 aromatic rings. The summed E-state index contributed by atoms with van der Waals surface area (Å²) in [6.45, 7) is -0.253. The molecule has 0 radical (unpaired) electrons. The molecular weight excluding hydrogens is 606 g/mol. The monoisotopic (exact) mass is 628 g/mol. The van der Waals surface area contributed by atoms with E-state index in [0.717, 1.165) is 18.1 Å². The molecule has 3 aliphatic heterocycles. The molecule has 0 saturated carbocycles. The number of fused-ring (bicyclic) bond motifs is 3. The standard InChI is InChI=1S/C28H19Cl2FN4O7.CH4/c1-42-26(38)13-5-8-19(20(9-13)35(40)41)33-11-21-22(25(33)37)23(15-3-2-4-17(30)24(15)31)28(34(21)12-36)16-7-6-14(29)10-18(16)32-27(28)39;/h2-10,12,21-23H,11H2,1H3,(H,32,39);1H4/t21-,22+,23-,28+;/m0./s1. The fraction of sp³-hybridized carbons (Fsp3) is 0.241. The van der Waals surface area contributed by atoms with Gasteiger partial charge in [-0.3, -0.25) is 24.5 Å². The number of hydrogen-bond donors (Lipinski definition) is 1. The molecular formula is C29H23Cl2FN4O7. The topological polar surface area (TPSA) is 139 Å². The lowest BCUT2D eigenvalue weighted by molar-refractivity contribution is -0.384. The SMILES string of the molecule is C.COC(=O)c1ccc(N2C[C@H]3[C@@H](C2=O)[C@H](c2cccc(Cl)c2F)[C@]2(C(=O)Nc4cc(Cl)ccc42)N3C=O)c([N+](=O)[O-])c1. The van der Waals surface area contributed by atoms with Crippen molar-refractivity contribution >= 4 is 64.5 Å². The zero-order valence-electron chi connectivity index (χ0n) is 21.5. The van der Waals surface area contributed by atoms with Crippen molar-refractivity contribution in [3.8, 4) is 0 Å². The Morgan fingerprint density at radius 3 is 2.60 bits per heavy atom. The Bertz CT molecular complexity index is 1740. The Kier molecular flexibility index (Phi) is 7.39. The Hall–Kier alpha value is -4.55. The lowest BCUT2D eigenvalue weighted by Gasteiger charge is -2.38. The molecule has 0 aromatic heterocycles. The summed E-state index contributed by atoms with van der Waals surface area (Å²) in [5, 5.41) is 14.8. The average molecular weight is 629 g/mol. The van der Waals surface area contributed by atoms with Crippen LogP contribution in [0.5, 0.6) is 0 Å². The summed E-state index contributed by atoms with van der Waals surface area (Å²) in [7, 11) is 1.12. The number of rotatable bonds is 5. The van der Waals surface area contributed by atoms with Crippen molar-refractivity contribution in [1.29, 1.82) is 0 Å². The minimum atomic E-state index is -1.86. The largest absolute Gasteiger partial charge is 0.465 e. The molecule has 2 saturated heterocycles.